The second kappa shape index (κ2) is 13.4. The van der Waals surface area contributed by atoms with Crippen LogP contribution in [0.15, 0.2) is 34.9 Å². The molecule has 1 aromatic carbocycles. The van der Waals surface area contributed by atoms with Gasteiger partial charge in [0.15, 0.2) is 11.5 Å². The minimum absolute atomic E-state index is 0.0391. The van der Waals surface area contributed by atoms with Crippen LogP contribution in [0.1, 0.15) is 57.9 Å². The fourth-order valence-electron chi connectivity index (χ4n) is 3.64. The molecule has 0 radical (unpaired) electrons. The third kappa shape index (κ3) is 6.93. The number of nitrogens with zero attached hydrogens (tertiary/aromatic N) is 2. The van der Waals surface area contributed by atoms with Crippen molar-refractivity contribution in [3.8, 4) is 17.6 Å². The van der Waals surface area contributed by atoms with E-state index < -0.39 is 11.8 Å². The molecule has 1 aliphatic rings. The van der Waals surface area contributed by atoms with Gasteiger partial charge in [0.2, 0.25) is 0 Å². The molecule has 0 unspecified atom stereocenters. The largest absolute Gasteiger partial charge is 0.493 e. The van der Waals surface area contributed by atoms with E-state index in [2.05, 4.69) is 6.92 Å². The van der Waals surface area contributed by atoms with Gasteiger partial charge in [-0.05, 0) is 42.7 Å². The van der Waals surface area contributed by atoms with E-state index in [9.17, 15) is 14.9 Å². The summed E-state index contributed by atoms with van der Waals surface area (Å²) in [6, 6.07) is 7.36. The van der Waals surface area contributed by atoms with Gasteiger partial charge in [0.05, 0.1) is 26.9 Å². The van der Waals surface area contributed by atoms with E-state index in [-0.39, 0.29) is 18.7 Å². The minimum atomic E-state index is -0.592. The van der Waals surface area contributed by atoms with Gasteiger partial charge >= 0.3 is 0 Å². The standard InChI is InChI=1S/C26H34N2O5/c1-5-6-7-8-9-10-14-33-23-12-11-20(17-24(23)32-4)16-21-19(2)22(18-27)26(30)28(25(21)29)13-15-31-3/h11-12,16-17H,5-10,13-15H2,1-4H3/b21-16+. The number of benzene rings is 1. The summed E-state index contributed by atoms with van der Waals surface area (Å²) in [6.45, 7) is 4.71. The molecule has 0 bridgehead atoms. The number of carbonyl (C=O) groups excluding carboxylic acids is 2. The third-order valence-electron chi connectivity index (χ3n) is 5.60. The number of methoxy groups -OCH3 is 2. The van der Waals surface area contributed by atoms with Crippen LogP contribution < -0.4 is 9.47 Å². The molecule has 33 heavy (non-hydrogen) atoms. The molecular formula is C26H34N2O5. The molecule has 0 saturated carbocycles. The summed E-state index contributed by atoms with van der Waals surface area (Å²) in [5.74, 6) is 0.166. The summed E-state index contributed by atoms with van der Waals surface area (Å²) < 4.78 is 16.4. The molecule has 0 N–H and O–H groups in total. The van der Waals surface area contributed by atoms with Crippen molar-refractivity contribution in [3.63, 3.8) is 0 Å². The molecule has 0 aliphatic carbocycles. The number of hydrogen-bond acceptors (Lipinski definition) is 6. The molecular weight excluding hydrogens is 420 g/mol. The molecule has 0 fully saturated rings. The number of unbranched alkanes of at least 4 members (excludes halogenated alkanes) is 5. The summed E-state index contributed by atoms with van der Waals surface area (Å²) in [7, 11) is 3.06. The molecule has 7 nitrogen and oxygen atoms in total. The van der Waals surface area contributed by atoms with E-state index in [1.54, 1.807) is 26.2 Å². The second-order valence-electron chi connectivity index (χ2n) is 7.95. The van der Waals surface area contributed by atoms with Crippen molar-refractivity contribution in [1.29, 1.82) is 5.26 Å². The van der Waals surface area contributed by atoms with Crippen LogP contribution in [0.25, 0.3) is 6.08 Å². The van der Waals surface area contributed by atoms with Crippen molar-refractivity contribution in [1.82, 2.24) is 4.90 Å². The average molecular weight is 455 g/mol. The van der Waals surface area contributed by atoms with E-state index in [1.807, 2.05) is 18.2 Å². The molecule has 1 aromatic rings. The summed E-state index contributed by atoms with van der Waals surface area (Å²) >= 11 is 0. The molecule has 178 valence electrons. The fraction of sp³-hybridized carbons (Fsp3) is 0.500. The van der Waals surface area contributed by atoms with Gasteiger partial charge in [-0.3, -0.25) is 14.5 Å². The van der Waals surface area contributed by atoms with Crippen LogP contribution >= 0.6 is 0 Å². The van der Waals surface area contributed by atoms with Crippen molar-refractivity contribution in [2.45, 2.75) is 52.4 Å². The summed E-state index contributed by atoms with van der Waals surface area (Å²) in [5.41, 5.74) is 1.33. The maximum Gasteiger partial charge on any atom is 0.271 e. The quantitative estimate of drug-likeness (QED) is 0.244. The number of hydrogen-bond donors (Lipinski definition) is 0. The van der Waals surface area contributed by atoms with Crippen LogP contribution in [0, 0.1) is 11.3 Å². The summed E-state index contributed by atoms with van der Waals surface area (Å²) in [6.07, 6.45) is 8.78. The lowest BCUT2D eigenvalue weighted by Gasteiger charge is -2.27. The molecule has 0 atom stereocenters. The predicted octanol–water partition coefficient (Wildman–Crippen LogP) is 4.67. The van der Waals surface area contributed by atoms with Crippen molar-refractivity contribution in [3.05, 3.63) is 40.5 Å². The smallest absolute Gasteiger partial charge is 0.271 e. The lowest BCUT2D eigenvalue weighted by atomic mass is 9.93. The highest BCUT2D eigenvalue weighted by Gasteiger charge is 2.35. The first-order valence-electron chi connectivity index (χ1n) is 11.5. The van der Waals surface area contributed by atoms with Gasteiger partial charge in [0, 0.05) is 12.7 Å². The Morgan fingerprint density at radius 1 is 1.00 bits per heavy atom. The lowest BCUT2D eigenvalue weighted by Crippen LogP contribution is -2.44. The Hall–Kier alpha value is -3.11. The van der Waals surface area contributed by atoms with Gasteiger partial charge < -0.3 is 14.2 Å². The number of amides is 2. The molecule has 1 aliphatic heterocycles. The van der Waals surface area contributed by atoms with Gasteiger partial charge in [0.1, 0.15) is 11.6 Å². The minimum Gasteiger partial charge on any atom is -0.493 e. The van der Waals surface area contributed by atoms with Crippen LogP contribution in [0.5, 0.6) is 11.5 Å². The highest BCUT2D eigenvalue weighted by molar-refractivity contribution is 6.19. The van der Waals surface area contributed by atoms with E-state index >= 15 is 0 Å². The van der Waals surface area contributed by atoms with Crippen molar-refractivity contribution in [2.24, 2.45) is 0 Å². The van der Waals surface area contributed by atoms with Crippen LogP contribution in [0.2, 0.25) is 0 Å². The van der Waals surface area contributed by atoms with E-state index in [0.717, 1.165) is 17.7 Å². The number of ether oxygens (including phenoxy) is 3. The van der Waals surface area contributed by atoms with Crippen LogP contribution in [0.4, 0.5) is 0 Å². The van der Waals surface area contributed by atoms with Gasteiger partial charge in [-0.2, -0.15) is 5.26 Å². The zero-order chi connectivity index (χ0) is 24.2. The topological polar surface area (TPSA) is 88.9 Å². The number of rotatable bonds is 13. The third-order valence-corrected chi connectivity index (χ3v) is 5.60. The fourth-order valence-corrected chi connectivity index (χ4v) is 3.64. The Morgan fingerprint density at radius 2 is 1.73 bits per heavy atom. The zero-order valence-corrected chi connectivity index (χ0v) is 20.1. The predicted molar refractivity (Wildman–Crippen MR) is 127 cm³/mol. The lowest BCUT2D eigenvalue weighted by molar-refractivity contribution is -0.141. The first kappa shape index (κ1) is 26.1. The van der Waals surface area contributed by atoms with Gasteiger partial charge in [-0.25, -0.2) is 0 Å². The summed E-state index contributed by atoms with van der Waals surface area (Å²) in [4.78, 5) is 26.6. The number of imide groups is 1. The van der Waals surface area contributed by atoms with Crippen molar-refractivity contribution in [2.75, 3.05) is 34.0 Å². The van der Waals surface area contributed by atoms with Gasteiger partial charge in [0.25, 0.3) is 11.8 Å². The molecule has 1 heterocycles. The van der Waals surface area contributed by atoms with E-state index in [4.69, 9.17) is 14.2 Å². The normalized spacial score (nSPS) is 15.2. The SMILES string of the molecule is CCCCCCCCOc1ccc(/C=C2/C(=O)N(CCOC)C(=O)C(C#N)=C2C)cc1OC. The van der Waals surface area contributed by atoms with E-state index in [1.165, 1.54) is 32.8 Å². The molecule has 0 saturated heterocycles. The Kier molecular flexibility index (Phi) is 10.6. The molecule has 0 spiro atoms. The monoisotopic (exact) mass is 454 g/mol. The van der Waals surface area contributed by atoms with Gasteiger partial charge in [-0.1, -0.05) is 45.1 Å². The Balaban J connectivity index is 2.19. The molecule has 2 amide bonds. The molecule has 2 rings (SSSR count). The first-order chi connectivity index (χ1) is 16.0. The first-order valence-corrected chi connectivity index (χ1v) is 11.5. The Morgan fingerprint density at radius 3 is 2.39 bits per heavy atom. The summed E-state index contributed by atoms with van der Waals surface area (Å²) in [5, 5.41) is 9.47. The number of nitriles is 1. The second-order valence-corrected chi connectivity index (χ2v) is 7.95. The Labute approximate surface area is 196 Å². The maximum absolute atomic E-state index is 13.0. The zero-order valence-electron chi connectivity index (χ0n) is 20.1. The van der Waals surface area contributed by atoms with Crippen LogP contribution in [-0.4, -0.2) is 50.7 Å². The highest BCUT2D eigenvalue weighted by atomic mass is 16.5. The Bertz CT molecular complexity index is 942. The van der Waals surface area contributed by atoms with Crippen molar-refractivity contribution >= 4 is 17.9 Å². The molecule has 7 heteroatoms. The number of carbonyl (C=O) groups is 2. The van der Waals surface area contributed by atoms with Crippen LogP contribution in [0.3, 0.4) is 0 Å². The molecule has 0 aromatic heterocycles. The maximum atomic E-state index is 13.0. The van der Waals surface area contributed by atoms with Crippen molar-refractivity contribution < 1.29 is 23.8 Å². The average Bonchev–Trinajstić information content (AvgIpc) is 2.82. The van der Waals surface area contributed by atoms with E-state index in [0.29, 0.717) is 34.8 Å². The highest BCUT2D eigenvalue weighted by Crippen LogP contribution is 2.32. The van der Waals surface area contributed by atoms with Gasteiger partial charge in [-0.15, -0.1) is 0 Å². The van der Waals surface area contributed by atoms with Crippen LogP contribution in [-0.2, 0) is 14.3 Å².